The first kappa shape index (κ1) is 16.3. The third-order valence-electron chi connectivity index (χ3n) is 3.06. The Morgan fingerprint density at radius 2 is 2.05 bits per heavy atom. The topological polar surface area (TPSA) is 89.0 Å². The molecule has 0 radical (unpaired) electrons. The maximum absolute atomic E-state index is 11.6. The lowest BCUT2D eigenvalue weighted by molar-refractivity contribution is -0.139. The van der Waals surface area contributed by atoms with Gasteiger partial charge in [-0.3, -0.25) is 9.59 Å². The minimum Gasteiger partial charge on any atom is -0.454 e. The predicted molar refractivity (Wildman–Crippen MR) is 83.9 cm³/mol. The first-order valence-electron chi connectivity index (χ1n) is 6.74. The minimum atomic E-state index is -0.812. The fraction of sp³-hybridized carbons (Fsp3) is 0.357. The van der Waals surface area contributed by atoms with Gasteiger partial charge in [-0.05, 0) is 41.4 Å². The quantitative estimate of drug-likeness (QED) is 0.478. The molecule has 0 saturated heterocycles. The van der Waals surface area contributed by atoms with Gasteiger partial charge in [-0.25, -0.2) is 5.43 Å². The van der Waals surface area contributed by atoms with Crippen molar-refractivity contribution in [3.8, 4) is 11.5 Å². The Balaban J connectivity index is 1.95. The molecule has 0 saturated carbocycles. The van der Waals surface area contributed by atoms with Crippen molar-refractivity contribution in [1.82, 2.24) is 10.7 Å². The van der Waals surface area contributed by atoms with Gasteiger partial charge < -0.3 is 14.8 Å². The normalized spacial score (nSPS) is 14.0. The van der Waals surface area contributed by atoms with Crippen LogP contribution in [0.1, 0.15) is 25.8 Å². The van der Waals surface area contributed by atoms with Crippen molar-refractivity contribution >= 4 is 34.0 Å². The second kappa shape index (κ2) is 7.26. The summed E-state index contributed by atoms with van der Waals surface area (Å²) >= 11 is 3.37. The molecule has 2 amide bonds. The van der Waals surface area contributed by atoms with E-state index in [1.807, 2.05) is 13.8 Å². The number of hydrogen-bond acceptors (Lipinski definition) is 5. The molecule has 2 N–H and O–H groups in total. The molecular formula is C14H16BrN3O4. The van der Waals surface area contributed by atoms with Gasteiger partial charge in [0.1, 0.15) is 0 Å². The molecule has 7 nitrogen and oxygen atoms in total. The number of nitrogens with zero attached hydrogens (tertiary/aromatic N) is 1. The van der Waals surface area contributed by atoms with E-state index in [1.165, 1.54) is 6.21 Å². The number of hydrazone groups is 1. The Morgan fingerprint density at radius 1 is 1.36 bits per heavy atom. The van der Waals surface area contributed by atoms with Crippen molar-refractivity contribution in [2.45, 2.75) is 26.3 Å². The molecule has 0 unspecified atom stereocenters. The van der Waals surface area contributed by atoms with Gasteiger partial charge in [-0.15, -0.1) is 0 Å². The average Bonchev–Trinajstić information content (AvgIpc) is 2.93. The maximum Gasteiger partial charge on any atom is 0.329 e. The highest BCUT2D eigenvalue weighted by atomic mass is 79.9. The summed E-state index contributed by atoms with van der Waals surface area (Å²) in [5, 5.41) is 6.32. The highest BCUT2D eigenvalue weighted by molar-refractivity contribution is 9.10. The van der Waals surface area contributed by atoms with Gasteiger partial charge in [0.15, 0.2) is 11.5 Å². The van der Waals surface area contributed by atoms with Crippen LogP contribution in [0.3, 0.4) is 0 Å². The molecule has 1 aliphatic heterocycles. The molecule has 0 aliphatic carbocycles. The van der Waals surface area contributed by atoms with Crippen LogP contribution in [0, 0.1) is 0 Å². The number of carbonyl (C=O) groups excluding carboxylic acids is 2. The van der Waals surface area contributed by atoms with Crippen molar-refractivity contribution in [3.05, 3.63) is 22.2 Å². The summed E-state index contributed by atoms with van der Waals surface area (Å²) in [6.45, 7) is 3.91. The number of benzene rings is 1. The van der Waals surface area contributed by atoms with Crippen molar-refractivity contribution in [2.24, 2.45) is 5.10 Å². The molecule has 1 heterocycles. The van der Waals surface area contributed by atoms with Crippen LogP contribution in [-0.2, 0) is 9.59 Å². The Labute approximate surface area is 136 Å². The molecule has 1 atom stereocenters. The van der Waals surface area contributed by atoms with E-state index in [-0.39, 0.29) is 12.8 Å². The van der Waals surface area contributed by atoms with E-state index in [4.69, 9.17) is 9.47 Å². The minimum absolute atomic E-state index is 0.0646. The average molecular weight is 370 g/mol. The molecule has 118 valence electrons. The summed E-state index contributed by atoms with van der Waals surface area (Å²) in [4.78, 5) is 23.1. The van der Waals surface area contributed by atoms with Crippen molar-refractivity contribution < 1.29 is 19.1 Å². The Kier molecular flexibility index (Phi) is 5.37. The van der Waals surface area contributed by atoms with Crippen LogP contribution in [-0.4, -0.2) is 30.9 Å². The molecule has 22 heavy (non-hydrogen) atoms. The third kappa shape index (κ3) is 3.97. The lowest BCUT2D eigenvalue weighted by Crippen LogP contribution is -2.41. The first-order valence-corrected chi connectivity index (χ1v) is 7.53. The monoisotopic (exact) mass is 369 g/mol. The molecule has 0 bridgehead atoms. The van der Waals surface area contributed by atoms with Crippen molar-refractivity contribution in [1.29, 1.82) is 0 Å². The lowest BCUT2D eigenvalue weighted by Gasteiger charge is -2.09. The highest BCUT2D eigenvalue weighted by Gasteiger charge is 2.16. The van der Waals surface area contributed by atoms with Crippen molar-refractivity contribution in [2.75, 3.05) is 6.79 Å². The molecule has 1 aliphatic rings. The molecular weight excluding hydrogens is 354 g/mol. The van der Waals surface area contributed by atoms with E-state index in [2.05, 4.69) is 31.8 Å². The van der Waals surface area contributed by atoms with Crippen LogP contribution in [0.5, 0.6) is 11.5 Å². The highest BCUT2D eigenvalue weighted by Crippen LogP contribution is 2.36. The van der Waals surface area contributed by atoms with E-state index in [0.717, 1.165) is 10.9 Å². The van der Waals surface area contributed by atoms with E-state index >= 15 is 0 Å². The van der Waals surface area contributed by atoms with Gasteiger partial charge in [0.2, 0.25) is 6.79 Å². The van der Waals surface area contributed by atoms with E-state index in [0.29, 0.717) is 17.1 Å². The van der Waals surface area contributed by atoms with Crippen molar-refractivity contribution in [3.63, 3.8) is 0 Å². The largest absolute Gasteiger partial charge is 0.454 e. The molecule has 0 fully saturated rings. The van der Waals surface area contributed by atoms with Crippen LogP contribution in [0.25, 0.3) is 0 Å². The number of amides is 2. The van der Waals surface area contributed by atoms with Crippen LogP contribution >= 0.6 is 15.9 Å². The lowest BCUT2D eigenvalue weighted by atomic mass is 10.2. The smallest absolute Gasteiger partial charge is 0.329 e. The first-order chi connectivity index (χ1) is 10.5. The van der Waals surface area contributed by atoms with E-state index in [9.17, 15) is 9.59 Å². The Bertz CT molecular complexity index is 618. The van der Waals surface area contributed by atoms with Gasteiger partial charge in [0.05, 0.1) is 6.21 Å². The maximum atomic E-state index is 11.6. The molecule has 8 heteroatoms. The summed E-state index contributed by atoms with van der Waals surface area (Å²) in [6, 6.07) is 3.41. The predicted octanol–water partition coefficient (Wildman–Crippen LogP) is 1.54. The second-order valence-corrected chi connectivity index (χ2v) is 5.56. The zero-order valence-corrected chi connectivity index (χ0v) is 13.8. The third-order valence-corrected chi connectivity index (χ3v) is 3.74. The fourth-order valence-electron chi connectivity index (χ4n) is 1.63. The van der Waals surface area contributed by atoms with Crippen LogP contribution in [0.15, 0.2) is 21.7 Å². The number of halogens is 1. The Morgan fingerprint density at radius 3 is 2.73 bits per heavy atom. The standard InChI is InChI=1S/C14H16BrN3O4/c1-3-8(2)17-13(19)14(20)18-16-6-9-4-11-12(5-10(9)15)22-7-21-11/h4-6,8H,3,7H2,1-2H3,(H,17,19)(H,18,20)/b16-6-/t8-/m0/s1. The van der Waals surface area contributed by atoms with E-state index in [1.54, 1.807) is 12.1 Å². The second-order valence-electron chi connectivity index (χ2n) is 4.71. The van der Waals surface area contributed by atoms with E-state index < -0.39 is 11.8 Å². The summed E-state index contributed by atoms with van der Waals surface area (Å²) in [5.74, 6) is -0.281. The molecule has 0 spiro atoms. The SMILES string of the molecule is CC[C@H](C)NC(=O)C(=O)N/N=C\c1cc2c(cc1Br)OCO2. The number of hydrogen-bond donors (Lipinski definition) is 2. The molecule has 1 aromatic rings. The summed E-state index contributed by atoms with van der Waals surface area (Å²) in [6.07, 6.45) is 2.16. The van der Waals surface area contributed by atoms with Gasteiger partial charge in [-0.2, -0.15) is 5.10 Å². The van der Waals surface area contributed by atoms with Crippen LogP contribution < -0.4 is 20.2 Å². The molecule has 2 rings (SSSR count). The van der Waals surface area contributed by atoms with Gasteiger partial charge >= 0.3 is 11.8 Å². The number of nitrogens with one attached hydrogen (secondary N) is 2. The number of carbonyl (C=O) groups is 2. The van der Waals surface area contributed by atoms with Crippen LogP contribution in [0.4, 0.5) is 0 Å². The van der Waals surface area contributed by atoms with Gasteiger partial charge in [0.25, 0.3) is 0 Å². The summed E-state index contributed by atoms with van der Waals surface area (Å²) in [7, 11) is 0. The number of fused-ring (bicyclic) bond motifs is 1. The molecule has 1 aromatic carbocycles. The van der Waals surface area contributed by atoms with Gasteiger partial charge in [-0.1, -0.05) is 6.92 Å². The summed E-state index contributed by atoms with van der Waals surface area (Å²) < 4.78 is 11.2. The zero-order valence-electron chi connectivity index (χ0n) is 12.2. The van der Waals surface area contributed by atoms with Crippen LogP contribution in [0.2, 0.25) is 0 Å². The number of rotatable bonds is 4. The van der Waals surface area contributed by atoms with Gasteiger partial charge in [0, 0.05) is 16.1 Å². The molecule has 0 aromatic heterocycles. The number of ether oxygens (including phenoxy) is 2. The Hall–Kier alpha value is -2.09. The fourth-order valence-corrected chi connectivity index (χ4v) is 2.06. The zero-order chi connectivity index (χ0) is 16.1. The summed E-state index contributed by atoms with van der Waals surface area (Å²) in [5.41, 5.74) is 2.87.